The Labute approximate surface area is 93.7 Å². The number of hydrogen-bond donors (Lipinski definition) is 1. The van der Waals surface area contributed by atoms with Crippen LogP contribution < -0.4 is 5.43 Å². The third-order valence-electron chi connectivity index (χ3n) is 2.49. The van der Waals surface area contributed by atoms with E-state index in [1.165, 1.54) is 11.4 Å². The Balaban J connectivity index is 2.16. The first kappa shape index (κ1) is 10.2. The standard InChI is InChI=1S/C11H15N3S/c1-8-4-5-9(2)14(8)13-10(3)11-6-15-7-12-11/h4-7,10,13H,1-3H3. The molecule has 1 atom stereocenters. The van der Waals surface area contributed by atoms with Gasteiger partial charge in [0.25, 0.3) is 0 Å². The van der Waals surface area contributed by atoms with Gasteiger partial charge in [0, 0.05) is 16.8 Å². The van der Waals surface area contributed by atoms with Crippen molar-refractivity contribution in [2.75, 3.05) is 5.43 Å². The van der Waals surface area contributed by atoms with E-state index >= 15 is 0 Å². The lowest BCUT2D eigenvalue weighted by molar-refractivity contribution is 0.687. The van der Waals surface area contributed by atoms with Crippen LogP contribution in [0.4, 0.5) is 0 Å². The van der Waals surface area contributed by atoms with Crippen LogP contribution in [-0.2, 0) is 0 Å². The highest BCUT2D eigenvalue weighted by atomic mass is 32.1. The molecule has 0 saturated carbocycles. The molecule has 15 heavy (non-hydrogen) atoms. The Hall–Kier alpha value is -1.29. The van der Waals surface area contributed by atoms with Crippen molar-refractivity contribution in [2.24, 2.45) is 0 Å². The first-order valence-corrected chi connectivity index (χ1v) is 5.92. The third kappa shape index (κ3) is 2.04. The number of hydrogen-bond acceptors (Lipinski definition) is 3. The second-order valence-corrected chi connectivity index (χ2v) is 4.43. The molecular weight excluding hydrogens is 206 g/mol. The van der Waals surface area contributed by atoms with Gasteiger partial charge in [0.1, 0.15) is 0 Å². The molecule has 2 aromatic rings. The summed E-state index contributed by atoms with van der Waals surface area (Å²) in [7, 11) is 0. The molecule has 80 valence electrons. The molecule has 0 spiro atoms. The number of aromatic nitrogens is 2. The summed E-state index contributed by atoms with van der Waals surface area (Å²) in [6.45, 7) is 6.30. The Kier molecular flexibility index (Phi) is 2.77. The second kappa shape index (κ2) is 4.06. The molecule has 0 fully saturated rings. The average molecular weight is 221 g/mol. The van der Waals surface area contributed by atoms with Crippen LogP contribution in [-0.4, -0.2) is 9.66 Å². The summed E-state index contributed by atoms with van der Waals surface area (Å²) in [4.78, 5) is 4.30. The summed E-state index contributed by atoms with van der Waals surface area (Å²) in [5, 5.41) is 2.08. The molecule has 0 aliphatic carbocycles. The lowest BCUT2D eigenvalue weighted by Gasteiger charge is -2.17. The first-order valence-electron chi connectivity index (χ1n) is 4.98. The van der Waals surface area contributed by atoms with Gasteiger partial charge in [0.15, 0.2) is 0 Å². The fraction of sp³-hybridized carbons (Fsp3) is 0.364. The van der Waals surface area contributed by atoms with Crippen molar-refractivity contribution in [2.45, 2.75) is 26.8 Å². The molecule has 4 heteroatoms. The number of nitrogens with zero attached hydrogens (tertiary/aromatic N) is 2. The smallest absolute Gasteiger partial charge is 0.0825 e. The van der Waals surface area contributed by atoms with E-state index in [1.807, 2.05) is 5.51 Å². The monoisotopic (exact) mass is 221 g/mol. The summed E-state index contributed by atoms with van der Waals surface area (Å²) >= 11 is 1.63. The van der Waals surface area contributed by atoms with E-state index in [1.54, 1.807) is 11.3 Å². The summed E-state index contributed by atoms with van der Waals surface area (Å²) in [5.41, 5.74) is 8.81. The van der Waals surface area contributed by atoms with E-state index in [4.69, 9.17) is 0 Å². The normalized spacial score (nSPS) is 12.7. The molecule has 2 aromatic heterocycles. The van der Waals surface area contributed by atoms with Gasteiger partial charge in [-0.05, 0) is 32.9 Å². The van der Waals surface area contributed by atoms with E-state index < -0.39 is 0 Å². The van der Waals surface area contributed by atoms with E-state index in [2.05, 4.69) is 53.4 Å². The number of nitrogens with one attached hydrogen (secondary N) is 1. The predicted octanol–water partition coefficient (Wildman–Crippen LogP) is 2.87. The van der Waals surface area contributed by atoms with E-state index in [9.17, 15) is 0 Å². The van der Waals surface area contributed by atoms with E-state index in [-0.39, 0.29) is 6.04 Å². The Morgan fingerprint density at radius 1 is 1.33 bits per heavy atom. The van der Waals surface area contributed by atoms with Gasteiger partial charge in [-0.3, -0.25) is 4.68 Å². The molecule has 0 aromatic carbocycles. The third-order valence-corrected chi connectivity index (χ3v) is 3.09. The van der Waals surface area contributed by atoms with Crippen LogP contribution in [0.15, 0.2) is 23.0 Å². The van der Waals surface area contributed by atoms with Crippen LogP contribution in [0.2, 0.25) is 0 Å². The molecule has 0 saturated heterocycles. The topological polar surface area (TPSA) is 29.9 Å². The Morgan fingerprint density at radius 3 is 2.53 bits per heavy atom. The van der Waals surface area contributed by atoms with Crippen LogP contribution in [0.1, 0.15) is 30.0 Å². The van der Waals surface area contributed by atoms with Gasteiger partial charge in [0.2, 0.25) is 0 Å². The van der Waals surface area contributed by atoms with E-state index in [0.717, 1.165) is 5.69 Å². The van der Waals surface area contributed by atoms with E-state index in [0.29, 0.717) is 0 Å². The van der Waals surface area contributed by atoms with Gasteiger partial charge in [-0.2, -0.15) is 0 Å². The van der Waals surface area contributed by atoms with Crippen LogP contribution >= 0.6 is 11.3 Å². The summed E-state index contributed by atoms with van der Waals surface area (Å²) < 4.78 is 2.10. The molecule has 1 unspecified atom stereocenters. The van der Waals surface area contributed by atoms with Crippen LogP contribution in [0.3, 0.4) is 0 Å². The lowest BCUT2D eigenvalue weighted by Crippen LogP contribution is -2.21. The van der Waals surface area contributed by atoms with Crippen molar-refractivity contribution in [3.8, 4) is 0 Å². The fourth-order valence-electron chi connectivity index (χ4n) is 1.57. The zero-order valence-electron chi connectivity index (χ0n) is 9.19. The highest BCUT2D eigenvalue weighted by Crippen LogP contribution is 2.15. The van der Waals surface area contributed by atoms with Crippen molar-refractivity contribution in [1.82, 2.24) is 9.66 Å². The summed E-state index contributed by atoms with van der Waals surface area (Å²) in [5.74, 6) is 0. The van der Waals surface area contributed by atoms with Gasteiger partial charge < -0.3 is 5.43 Å². The van der Waals surface area contributed by atoms with Crippen LogP contribution in [0.25, 0.3) is 0 Å². The van der Waals surface area contributed by atoms with Crippen molar-refractivity contribution < 1.29 is 0 Å². The van der Waals surface area contributed by atoms with Gasteiger partial charge in [-0.1, -0.05) is 0 Å². The predicted molar refractivity (Wildman–Crippen MR) is 63.8 cm³/mol. The molecule has 0 amide bonds. The van der Waals surface area contributed by atoms with Gasteiger partial charge in [-0.25, -0.2) is 4.98 Å². The molecule has 1 N–H and O–H groups in total. The molecule has 0 bridgehead atoms. The van der Waals surface area contributed by atoms with Crippen molar-refractivity contribution >= 4 is 11.3 Å². The number of rotatable bonds is 3. The molecule has 2 rings (SSSR count). The molecule has 0 aliphatic heterocycles. The quantitative estimate of drug-likeness (QED) is 0.863. The maximum Gasteiger partial charge on any atom is 0.0825 e. The van der Waals surface area contributed by atoms with Crippen LogP contribution in [0.5, 0.6) is 0 Å². The lowest BCUT2D eigenvalue weighted by atomic mass is 10.3. The molecule has 2 heterocycles. The SMILES string of the molecule is Cc1ccc(C)n1NC(C)c1cscn1. The highest BCUT2D eigenvalue weighted by molar-refractivity contribution is 7.07. The van der Waals surface area contributed by atoms with Crippen molar-refractivity contribution in [3.63, 3.8) is 0 Å². The highest BCUT2D eigenvalue weighted by Gasteiger charge is 2.08. The van der Waals surface area contributed by atoms with Gasteiger partial charge in [0.05, 0.1) is 17.2 Å². The second-order valence-electron chi connectivity index (χ2n) is 3.72. The zero-order chi connectivity index (χ0) is 10.8. The largest absolute Gasteiger partial charge is 0.317 e. The minimum absolute atomic E-state index is 0.237. The maximum absolute atomic E-state index is 4.30. The van der Waals surface area contributed by atoms with Gasteiger partial charge >= 0.3 is 0 Å². The molecule has 0 aliphatic rings. The Bertz CT molecular complexity index is 411. The zero-order valence-corrected chi connectivity index (χ0v) is 10.0. The number of aryl methyl sites for hydroxylation is 2. The maximum atomic E-state index is 4.30. The fourth-order valence-corrected chi connectivity index (χ4v) is 2.22. The summed E-state index contributed by atoms with van der Waals surface area (Å²) in [6, 6.07) is 4.45. The first-order chi connectivity index (χ1) is 7.18. The minimum Gasteiger partial charge on any atom is -0.317 e. The minimum atomic E-state index is 0.237. The molecule has 0 radical (unpaired) electrons. The molecular formula is C11H15N3S. The van der Waals surface area contributed by atoms with Crippen LogP contribution in [0, 0.1) is 13.8 Å². The van der Waals surface area contributed by atoms with Gasteiger partial charge in [-0.15, -0.1) is 11.3 Å². The average Bonchev–Trinajstić information content (AvgIpc) is 2.82. The Morgan fingerprint density at radius 2 is 2.00 bits per heavy atom. The van der Waals surface area contributed by atoms with Crippen molar-refractivity contribution in [3.05, 3.63) is 40.1 Å². The summed E-state index contributed by atoms with van der Waals surface area (Å²) in [6.07, 6.45) is 0. The number of thiazole rings is 1. The molecule has 3 nitrogen and oxygen atoms in total. The van der Waals surface area contributed by atoms with Crippen molar-refractivity contribution in [1.29, 1.82) is 0 Å².